The van der Waals surface area contributed by atoms with E-state index < -0.39 is 0 Å². The third-order valence-electron chi connectivity index (χ3n) is 5.96. The van der Waals surface area contributed by atoms with Crippen molar-refractivity contribution in [3.63, 3.8) is 0 Å². The Morgan fingerprint density at radius 2 is 1.57 bits per heavy atom. The first-order valence-electron chi connectivity index (χ1n) is 8.52. The van der Waals surface area contributed by atoms with Gasteiger partial charge in [0, 0.05) is 6.54 Å². The van der Waals surface area contributed by atoms with Gasteiger partial charge in [-0.2, -0.15) is 12.6 Å². The SMILES string of the molecule is CC1CC2C(=O)N(CC3(CS)CCCCCC3)C(=O)C2C1. The van der Waals surface area contributed by atoms with Gasteiger partial charge in [-0.25, -0.2) is 0 Å². The van der Waals surface area contributed by atoms with E-state index in [2.05, 4.69) is 19.6 Å². The van der Waals surface area contributed by atoms with Crippen molar-refractivity contribution in [3.05, 3.63) is 0 Å². The molecule has 1 aliphatic heterocycles. The lowest BCUT2D eigenvalue weighted by Gasteiger charge is -2.35. The summed E-state index contributed by atoms with van der Waals surface area (Å²) in [5, 5.41) is 0. The molecule has 21 heavy (non-hydrogen) atoms. The molecule has 0 aromatic carbocycles. The van der Waals surface area contributed by atoms with Gasteiger partial charge in [-0.3, -0.25) is 14.5 Å². The van der Waals surface area contributed by atoms with Gasteiger partial charge in [0.15, 0.2) is 0 Å². The van der Waals surface area contributed by atoms with Gasteiger partial charge in [0.1, 0.15) is 0 Å². The summed E-state index contributed by atoms with van der Waals surface area (Å²) in [6, 6.07) is 0. The third kappa shape index (κ3) is 2.76. The monoisotopic (exact) mass is 309 g/mol. The van der Waals surface area contributed by atoms with Crippen molar-refractivity contribution in [1.82, 2.24) is 4.90 Å². The first-order valence-corrected chi connectivity index (χ1v) is 9.16. The van der Waals surface area contributed by atoms with E-state index in [0.717, 1.165) is 31.4 Å². The normalized spacial score (nSPS) is 35.9. The molecule has 2 aliphatic carbocycles. The zero-order valence-electron chi connectivity index (χ0n) is 13.0. The highest BCUT2D eigenvalue weighted by Gasteiger charge is 2.53. The van der Waals surface area contributed by atoms with E-state index in [0.29, 0.717) is 12.5 Å². The van der Waals surface area contributed by atoms with Crippen LogP contribution in [0.4, 0.5) is 0 Å². The van der Waals surface area contributed by atoms with E-state index in [4.69, 9.17) is 0 Å². The lowest BCUT2D eigenvalue weighted by Crippen LogP contribution is -2.43. The first-order chi connectivity index (χ1) is 10.1. The summed E-state index contributed by atoms with van der Waals surface area (Å²) in [5.41, 5.74) is 0.0647. The number of hydrogen-bond acceptors (Lipinski definition) is 3. The molecule has 2 saturated carbocycles. The number of imide groups is 1. The summed E-state index contributed by atoms with van der Waals surface area (Å²) in [4.78, 5) is 26.9. The quantitative estimate of drug-likeness (QED) is 0.493. The van der Waals surface area contributed by atoms with Crippen LogP contribution >= 0.6 is 12.6 Å². The topological polar surface area (TPSA) is 37.4 Å². The summed E-state index contributed by atoms with van der Waals surface area (Å²) in [5.74, 6) is 1.49. The Hall–Kier alpha value is -0.510. The maximum atomic E-state index is 12.6. The van der Waals surface area contributed by atoms with Gasteiger partial charge in [0.05, 0.1) is 11.8 Å². The summed E-state index contributed by atoms with van der Waals surface area (Å²) < 4.78 is 0. The number of likely N-dealkylation sites (tertiary alicyclic amines) is 1. The van der Waals surface area contributed by atoms with Crippen LogP contribution in [0.3, 0.4) is 0 Å². The molecule has 118 valence electrons. The number of nitrogens with zero attached hydrogens (tertiary/aromatic N) is 1. The molecule has 3 fully saturated rings. The van der Waals surface area contributed by atoms with Crippen LogP contribution in [0.2, 0.25) is 0 Å². The Morgan fingerprint density at radius 3 is 2.05 bits per heavy atom. The number of rotatable bonds is 3. The molecule has 4 heteroatoms. The van der Waals surface area contributed by atoms with E-state index in [1.807, 2.05) is 0 Å². The lowest BCUT2D eigenvalue weighted by molar-refractivity contribution is -0.142. The predicted molar refractivity (Wildman–Crippen MR) is 86.1 cm³/mol. The van der Waals surface area contributed by atoms with Crippen LogP contribution in [0.25, 0.3) is 0 Å². The Bertz CT molecular complexity index is 405. The molecular weight excluding hydrogens is 282 g/mol. The average Bonchev–Trinajstić information content (AvgIpc) is 2.83. The maximum absolute atomic E-state index is 12.6. The van der Waals surface area contributed by atoms with E-state index in [1.54, 1.807) is 4.90 Å². The van der Waals surface area contributed by atoms with E-state index in [-0.39, 0.29) is 29.1 Å². The van der Waals surface area contributed by atoms with Crippen LogP contribution in [0, 0.1) is 23.2 Å². The molecule has 1 heterocycles. The number of thiol groups is 1. The molecule has 0 N–H and O–H groups in total. The number of hydrogen-bond donors (Lipinski definition) is 1. The zero-order chi connectivity index (χ0) is 15.0. The highest BCUT2D eigenvalue weighted by molar-refractivity contribution is 7.80. The minimum absolute atomic E-state index is 0.0183. The summed E-state index contributed by atoms with van der Waals surface area (Å²) in [7, 11) is 0. The maximum Gasteiger partial charge on any atom is 0.233 e. The van der Waals surface area contributed by atoms with Crippen molar-refractivity contribution in [1.29, 1.82) is 0 Å². The Morgan fingerprint density at radius 1 is 1.05 bits per heavy atom. The molecule has 0 radical (unpaired) electrons. The summed E-state index contributed by atoms with van der Waals surface area (Å²) in [6.45, 7) is 2.78. The molecule has 1 saturated heterocycles. The van der Waals surface area contributed by atoms with Gasteiger partial charge >= 0.3 is 0 Å². The lowest BCUT2D eigenvalue weighted by atomic mass is 9.81. The second-order valence-corrected chi connectivity index (χ2v) is 7.94. The smallest absolute Gasteiger partial charge is 0.233 e. The highest BCUT2D eigenvalue weighted by atomic mass is 32.1. The van der Waals surface area contributed by atoms with Crippen LogP contribution in [0.15, 0.2) is 0 Å². The zero-order valence-corrected chi connectivity index (χ0v) is 13.9. The van der Waals surface area contributed by atoms with Crippen LogP contribution < -0.4 is 0 Å². The van der Waals surface area contributed by atoms with Gasteiger partial charge in [-0.1, -0.05) is 32.6 Å². The van der Waals surface area contributed by atoms with Crippen molar-refractivity contribution in [3.8, 4) is 0 Å². The van der Waals surface area contributed by atoms with Gasteiger partial charge in [0.2, 0.25) is 11.8 Å². The van der Waals surface area contributed by atoms with Crippen LogP contribution in [-0.2, 0) is 9.59 Å². The van der Waals surface area contributed by atoms with Crippen molar-refractivity contribution in [2.24, 2.45) is 23.2 Å². The summed E-state index contributed by atoms with van der Waals surface area (Å²) >= 11 is 4.58. The fourth-order valence-corrected chi connectivity index (χ4v) is 5.10. The molecule has 3 nitrogen and oxygen atoms in total. The van der Waals surface area contributed by atoms with E-state index in [9.17, 15) is 9.59 Å². The summed E-state index contributed by atoms with van der Waals surface area (Å²) in [6.07, 6.45) is 9.00. The Kier molecular flexibility index (Phi) is 4.35. The minimum Gasteiger partial charge on any atom is -0.282 e. The third-order valence-corrected chi connectivity index (χ3v) is 6.63. The molecule has 0 aromatic rings. The molecule has 2 unspecified atom stereocenters. The predicted octanol–water partition coefficient (Wildman–Crippen LogP) is 3.29. The number of carbonyl (C=O) groups is 2. The standard InChI is InChI=1S/C17H27NO2S/c1-12-8-13-14(9-12)16(20)18(15(13)19)10-17(11-21)6-4-2-3-5-7-17/h12-14,21H,2-11H2,1H3. The Balaban J connectivity index is 1.75. The fourth-order valence-electron chi connectivity index (χ4n) is 4.68. The molecule has 2 atom stereocenters. The van der Waals surface area contributed by atoms with E-state index in [1.165, 1.54) is 25.7 Å². The van der Waals surface area contributed by atoms with Crippen molar-refractivity contribution in [2.45, 2.75) is 58.3 Å². The fraction of sp³-hybridized carbons (Fsp3) is 0.882. The molecule has 2 amide bonds. The van der Waals surface area contributed by atoms with Gasteiger partial charge in [0.25, 0.3) is 0 Å². The molecule has 3 rings (SSSR count). The van der Waals surface area contributed by atoms with Gasteiger partial charge in [-0.05, 0) is 42.8 Å². The highest BCUT2D eigenvalue weighted by Crippen LogP contribution is 2.45. The second kappa shape index (κ2) is 5.94. The molecule has 0 spiro atoms. The number of fused-ring (bicyclic) bond motifs is 1. The number of amides is 2. The second-order valence-electron chi connectivity index (χ2n) is 7.62. The number of carbonyl (C=O) groups excluding carboxylic acids is 2. The van der Waals surface area contributed by atoms with Crippen LogP contribution in [0.5, 0.6) is 0 Å². The molecule has 0 bridgehead atoms. The van der Waals surface area contributed by atoms with E-state index >= 15 is 0 Å². The van der Waals surface area contributed by atoms with Crippen molar-refractivity contribution >= 4 is 24.4 Å². The van der Waals surface area contributed by atoms with Crippen LogP contribution in [-0.4, -0.2) is 29.0 Å². The average molecular weight is 309 g/mol. The molecule has 3 aliphatic rings. The van der Waals surface area contributed by atoms with Crippen LogP contribution in [0.1, 0.15) is 58.3 Å². The first kappa shape index (κ1) is 15.4. The van der Waals surface area contributed by atoms with Gasteiger partial charge < -0.3 is 0 Å². The molecular formula is C17H27NO2S. The van der Waals surface area contributed by atoms with Crippen molar-refractivity contribution < 1.29 is 9.59 Å². The minimum atomic E-state index is -0.0183. The van der Waals surface area contributed by atoms with Gasteiger partial charge in [-0.15, -0.1) is 0 Å². The van der Waals surface area contributed by atoms with Crippen molar-refractivity contribution in [2.75, 3.05) is 12.3 Å². The largest absolute Gasteiger partial charge is 0.282 e. The Labute approximate surface area is 133 Å². The molecule has 0 aromatic heterocycles.